The van der Waals surface area contributed by atoms with Crippen molar-refractivity contribution in [2.75, 3.05) is 19.6 Å². The van der Waals surface area contributed by atoms with E-state index in [2.05, 4.69) is 35.9 Å². The van der Waals surface area contributed by atoms with Gasteiger partial charge in [-0.15, -0.1) is 0 Å². The minimum atomic E-state index is -0.954. The Labute approximate surface area is 230 Å². The molecule has 200 valence electrons. The van der Waals surface area contributed by atoms with Crippen LogP contribution in [0.1, 0.15) is 68.5 Å². The highest BCUT2D eigenvalue weighted by atomic mass is 35.5. The summed E-state index contributed by atoms with van der Waals surface area (Å²) in [6.45, 7) is 10.8. The van der Waals surface area contributed by atoms with Gasteiger partial charge in [0.25, 0.3) is 0 Å². The van der Waals surface area contributed by atoms with E-state index in [9.17, 15) is 10.2 Å². The Morgan fingerprint density at radius 2 is 1.87 bits per heavy atom. The summed E-state index contributed by atoms with van der Waals surface area (Å²) < 4.78 is 6.14. The molecule has 0 radical (unpaired) electrons. The second-order valence-corrected chi connectivity index (χ2v) is 12.2. The quantitative estimate of drug-likeness (QED) is 0.404. The zero-order chi connectivity index (χ0) is 27.1. The molecule has 0 aliphatic carbocycles. The lowest BCUT2D eigenvalue weighted by Crippen LogP contribution is -2.55. The van der Waals surface area contributed by atoms with E-state index in [1.54, 1.807) is 20.0 Å². The van der Waals surface area contributed by atoms with Crippen molar-refractivity contribution in [2.24, 2.45) is 5.41 Å². The van der Waals surface area contributed by atoms with Crippen LogP contribution in [0, 0.1) is 5.41 Å². The maximum atomic E-state index is 11.7. The summed E-state index contributed by atoms with van der Waals surface area (Å²) >= 11 is 6.10. The number of ether oxygens (including phenoxy) is 1. The SMILES string of the molecule is CC(C)(O)c1ccc2c(c1)/C(=C/CCN1CC[C@](O)(c3ccc(Cl)cc3)C(C)(C)C1)c1cccnc1CO2. The van der Waals surface area contributed by atoms with Gasteiger partial charge in [0.15, 0.2) is 0 Å². The summed E-state index contributed by atoms with van der Waals surface area (Å²) in [7, 11) is 0. The molecule has 0 amide bonds. The number of aliphatic hydroxyl groups is 2. The third-order valence-electron chi connectivity index (χ3n) is 8.16. The van der Waals surface area contributed by atoms with Gasteiger partial charge in [-0.3, -0.25) is 4.98 Å². The third-order valence-corrected chi connectivity index (χ3v) is 8.42. The van der Waals surface area contributed by atoms with Crippen LogP contribution in [0.4, 0.5) is 0 Å². The largest absolute Gasteiger partial charge is 0.487 e. The molecule has 1 atom stereocenters. The van der Waals surface area contributed by atoms with Crippen molar-refractivity contribution in [2.45, 2.75) is 58.3 Å². The van der Waals surface area contributed by atoms with E-state index in [1.165, 1.54) is 0 Å². The number of piperidine rings is 1. The molecule has 1 fully saturated rings. The van der Waals surface area contributed by atoms with Crippen molar-refractivity contribution in [3.05, 3.63) is 99.8 Å². The molecule has 2 N–H and O–H groups in total. The lowest BCUT2D eigenvalue weighted by Gasteiger charge is -2.50. The minimum absolute atomic E-state index is 0.326. The average Bonchev–Trinajstić information content (AvgIpc) is 3.02. The molecule has 5 rings (SSSR count). The first-order chi connectivity index (χ1) is 18.0. The Balaban J connectivity index is 1.39. The number of pyridine rings is 1. The summed E-state index contributed by atoms with van der Waals surface area (Å²) in [6.07, 6.45) is 5.58. The second kappa shape index (κ2) is 10.1. The van der Waals surface area contributed by atoms with Crippen LogP contribution in [0.15, 0.2) is 66.9 Å². The summed E-state index contributed by atoms with van der Waals surface area (Å²) in [5, 5.41) is 23.1. The molecule has 5 nitrogen and oxygen atoms in total. The molecule has 2 aromatic carbocycles. The van der Waals surface area contributed by atoms with Crippen molar-refractivity contribution in [1.82, 2.24) is 9.88 Å². The fourth-order valence-corrected chi connectivity index (χ4v) is 5.95. The van der Waals surface area contributed by atoms with Gasteiger partial charge < -0.3 is 19.8 Å². The summed E-state index contributed by atoms with van der Waals surface area (Å²) in [5.41, 5.74) is 3.63. The Bertz CT molecular complexity index is 1340. The van der Waals surface area contributed by atoms with Gasteiger partial charge in [0, 0.05) is 47.4 Å². The average molecular weight is 533 g/mol. The van der Waals surface area contributed by atoms with E-state index >= 15 is 0 Å². The monoisotopic (exact) mass is 532 g/mol. The molecule has 0 unspecified atom stereocenters. The second-order valence-electron chi connectivity index (χ2n) is 11.7. The summed E-state index contributed by atoms with van der Waals surface area (Å²) in [6, 6.07) is 17.6. The van der Waals surface area contributed by atoms with Crippen molar-refractivity contribution in [3.63, 3.8) is 0 Å². The molecule has 2 aliphatic rings. The highest BCUT2D eigenvalue weighted by Gasteiger charge is 2.48. The van der Waals surface area contributed by atoms with Gasteiger partial charge in [0.05, 0.1) is 16.9 Å². The Morgan fingerprint density at radius 1 is 1.11 bits per heavy atom. The van der Waals surface area contributed by atoms with Crippen LogP contribution >= 0.6 is 11.6 Å². The number of halogens is 1. The van der Waals surface area contributed by atoms with Gasteiger partial charge in [-0.1, -0.05) is 55.8 Å². The number of rotatable bonds is 5. The van der Waals surface area contributed by atoms with E-state index < -0.39 is 11.2 Å². The smallest absolute Gasteiger partial charge is 0.131 e. The number of nitrogens with zero attached hydrogens (tertiary/aromatic N) is 2. The molecule has 0 saturated carbocycles. The highest BCUT2D eigenvalue weighted by molar-refractivity contribution is 6.30. The molecule has 2 aliphatic heterocycles. The zero-order valence-corrected chi connectivity index (χ0v) is 23.4. The fourth-order valence-electron chi connectivity index (χ4n) is 5.83. The minimum Gasteiger partial charge on any atom is -0.487 e. The van der Waals surface area contributed by atoms with Gasteiger partial charge in [0.2, 0.25) is 0 Å². The summed E-state index contributed by atoms with van der Waals surface area (Å²) in [5.74, 6) is 0.800. The van der Waals surface area contributed by atoms with Gasteiger partial charge in [-0.05, 0) is 73.7 Å². The number of likely N-dealkylation sites (tertiary alicyclic amines) is 1. The highest BCUT2D eigenvalue weighted by Crippen LogP contribution is 2.46. The lowest BCUT2D eigenvalue weighted by molar-refractivity contribution is -0.125. The van der Waals surface area contributed by atoms with Gasteiger partial charge >= 0.3 is 0 Å². The van der Waals surface area contributed by atoms with E-state index in [4.69, 9.17) is 16.3 Å². The molecule has 38 heavy (non-hydrogen) atoms. The van der Waals surface area contributed by atoms with Crippen LogP contribution in [-0.4, -0.2) is 39.7 Å². The number of hydrogen-bond acceptors (Lipinski definition) is 5. The van der Waals surface area contributed by atoms with Crippen LogP contribution in [0.25, 0.3) is 5.57 Å². The number of benzene rings is 2. The van der Waals surface area contributed by atoms with Crippen LogP contribution in [0.2, 0.25) is 5.02 Å². The third kappa shape index (κ3) is 5.13. The van der Waals surface area contributed by atoms with Gasteiger partial charge in [-0.2, -0.15) is 0 Å². The predicted octanol–water partition coefficient (Wildman–Crippen LogP) is 6.30. The predicted molar refractivity (Wildman–Crippen MR) is 152 cm³/mol. The Morgan fingerprint density at radius 3 is 2.58 bits per heavy atom. The first-order valence-electron chi connectivity index (χ1n) is 13.3. The molecule has 0 spiro atoms. The van der Waals surface area contributed by atoms with Gasteiger partial charge in [-0.25, -0.2) is 0 Å². The maximum absolute atomic E-state index is 11.7. The molecule has 1 saturated heterocycles. The normalized spacial score (nSPS) is 22.3. The summed E-state index contributed by atoms with van der Waals surface area (Å²) in [4.78, 5) is 7.03. The van der Waals surface area contributed by atoms with Crippen molar-refractivity contribution in [3.8, 4) is 5.75 Å². The zero-order valence-electron chi connectivity index (χ0n) is 22.7. The molecular weight excluding hydrogens is 496 g/mol. The van der Waals surface area contributed by atoms with Crippen molar-refractivity contribution < 1.29 is 14.9 Å². The fraction of sp³-hybridized carbons (Fsp3) is 0.406. The Kier molecular flexibility index (Phi) is 7.16. The number of aromatic nitrogens is 1. The van der Waals surface area contributed by atoms with Crippen LogP contribution in [0.3, 0.4) is 0 Å². The van der Waals surface area contributed by atoms with Gasteiger partial charge in [0.1, 0.15) is 12.4 Å². The van der Waals surface area contributed by atoms with E-state index in [1.807, 2.05) is 48.5 Å². The first-order valence-corrected chi connectivity index (χ1v) is 13.7. The first kappa shape index (κ1) is 26.9. The molecular formula is C32H37ClN2O3. The van der Waals surface area contributed by atoms with Crippen LogP contribution < -0.4 is 4.74 Å². The van der Waals surface area contributed by atoms with Crippen LogP contribution in [0.5, 0.6) is 5.75 Å². The molecule has 1 aromatic heterocycles. The number of fused-ring (bicyclic) bond motifs is 2. The lowest BCUT2D eigenvalue weighted by atomic mass is 9.66. The van der Waals surface area contributed by atoms with Crippen molar-refractivity contribution in [1.29, 1.82) is 0 Å². The molecule has 6 heteroatoms. The van der Waals surface area contributed by atoms with Crippen molar-refractivity contribution >= 4 is 17.2 Å². The molecule has 3 aromatic rings. The topological polar surface area (TPSA) is 65.8 Å². The Hall–Kier alpha value is -2.70. The molecule has 3 heterocycles. The van der Waals surface area contributed by atoms with E-state index in [0.29, 0.717) is 18.1 Å². The maximum Gasteiger partial charge on any atom is 0.131 e. The van der Waals surface area contributed by atoms with E-state index in [-0.39, 0.29) is 5.41 Å². The standard InChI is InChI=1S/C32H37ClN2O3/c1-30(2)21-35(18-15-32(30,37)22-9-12-24(33)13-10-22)17-6-8-25-26-7-5-16-34-28(26)20-38-29-14-11-23(19-27(25)29)31(3,4)36/h5,7-14,16,19,36-37H,6,15,17-18,20-21H2,1-4H3/b25-8+/t32-/m0/s1. The number of hydrogen-bond donors (Lipinski definition) is 2. The van der Waals surface area contributed by atoms with Crippen LogP contribution in [-0.2, 0) is 17.8 Å². The molecule has 0 bridgehead atoms. The van der Waals surface area contributed by atoms with E-state index in [0.717, 1.165) is 65.3 Å².